The number of amides is 2. The van der Waals surface area contributed by atoms with Crippen molar-refractivity contribution in [2.45, 2.75) is 43.6 Å². The van der Waals surface area contributed by atoms with Gasteiger partial charge >= 0.3 is 6.18 Å². The van der Waals surface area contributed by atoms with E-state index in [1.165, 1.54) is 6.07 Å². The van der Waals surface area contributed by atoms with E-state index < -0.39 is 82.2 Å². The van der Waals surface area contributed by atoms with Crippen LogP contribution in [0.3, 0.4) is 0 Å². The van der Waals surface area contributed by atoms with Crippen LogP contribution < -0.4 is 9.64 Å². The van der Waals surface area contributed by atoms with Crippen LogP contribution in [0, 0.1) is 46.4 Å². The van der Waals surface area contributed by atoms with Crippen molar-refractivity contribution in [3.63, 3.8) is 0 Å². The maximum atomic E-state index is 14.4. The highest BCUT2D eigenvalue weighted by molar-refractivity contribution is 6.24. The zero-order chi connectivity index (χ0) is 30.4. The van der Waals surface area contributed by atoms with Gasteiger partial charge in [-0.15, -0.1) is 0 Å². The summed E-state index contributed by atoms with van der Waals surface area (Å²) in [4.78, 5) is 28.5. The minimum absolute atomic E-state index is 0.0925. The Morgan fingerprint density at radius 3 is 2.26 bits per heavy atom. The molecular weight excluding hydrogens is 573 g/mol. The predicted octanol–water partition coefficient (Wildman–Crippen LogP) is 6.18. The first-order valence-corrected chi connectivity index (χ1v) is 12.8. The monoisotopic (exact) mass is 592 g/mol. The zero-order valence-corrected chi connectivity index (χ0v) is 21.6. The van der Waals surface area contributed by atoms with E-state index in [0.717, 1.165) is 10.3 Å². The molecule has 3 heterocycles. The molecule has 4 unspecified atom stereocenters. The third-order valence-corrected chi connectivity index (χ3v) is 8.55. The SMILES string of the molecule is CC12CCC(CCOc3c(F)c(F)c(C(F)(F)F)c(F)c3F)(O1)C1C(=O)N(c3ccc4ccccc4c3C#N)C(=O)C12. The fourth-order valence-electron chi connectivity index (χ4n) is 6.72. The number of benzene rings is 3. The predicted molar refractivity (Wildman–Crippen MR) is 131 cm³/mol. The number of nitrogens with zero attached hydrogens (tertiary/aromatic N) is 2. The van der Waals surface area contributed by atoms with Gasteiger partial charge in [0.15, 0.2) is 17.4 Å². The molecule has 4 atom stereocenters. The third-order valence-electron chi connectivity index (χ3n) is 8.55. The summed E-state index contributed by atoms with van der Waals surface area (Å²) in [5.74, 6) is -15.0. The van der Waals surface area contributed by atoms with Crippen molar-refractivity contribution >= 4 is 28.3 Å². The average Bonchev–Trinajstić information content (AvgIpc) is 3.52. The van der Waals surface area contributed by atoms with Gasteiger partial charge in [-0.1, -0.05) is 30.3 Å². The van der Waals surface area contributed by atoms with Crippen molar-refractivity contribution in [1.29, 1.82) is 5.26 Å². The Labute approximate surface area is 233 Å². The highest BCUT2D eigenvalue weighted by Crippen LogP contribution is 2.62. The molecular formula is C29H19F7N2O4. The van der Waals surface area contributed by atoms with Crippen LogP contribution in [-0.2, 0) is 20.5 Å². The molecule has 2 bridgehead atoms. The lowest BCUT2D eigenvalue weighted by Gasteiger charge is -2.31. The van der Waals surface area contributed by atoms with Crippen LogP contribution in [0.1, 0.15) is 37.3 Å². The Hall–Kier alpha value is -4.18. The lowest BCUT2D eigenvalue weighted by molar-refractivity contribution is -0.143. The van der Waals surface area contributed by atoms with Crippen molar-refractivity contribution in [1.82, 2.24) is 0 Å². The van der Waals surface area contributed by atoms with E-state index in [1.54, 1.807) is 37.3 Å². The summed E-state index contributed by atoms with van der Waals surface area (Å²) >= 11 is 0. The molecule has 42 heavy (non-hydrogen) atoms. The number of anilines is 1. The molecule has 3 saturated heterocycles. The molecule has 0 radical (unpaired) electrons. The van der Waals surface area contributed by atoms with E-state index in [-0.39, 0.29) is 24.1 Å². The Morgan fingerprint density at radius 2 is 1.62 bits per heavy atom. The van der Waals surface area contributed by atoms with Crippen LogP contribution >= 0.6 is 0 Å². The van der Waals surface area contributed by atoms with E-state index >= 15 is 0 Å². The topological polar surface area (TPSA) is 79.6 Å². The number of carbonyl (C=O) groups is 2. The van der Waals surface area contributed by atoms with Crippen LogP contribution in [0.15, 0.2) is 36.4 Å². The number of hydrogen-bond donors (Lipinski definition) is 0. The number of fused-ring (bicyclic) bond motifs is 6. The molecule has 0 aliphatic carbocycles. The van der Waals surface area contributed by atoms with E-state index in [1.807, 2.05) is 0 Å². The molecule has 0 spiro atoms. The van der Waals surface area contributed by atoms with Crippen molar-refractivity contribution in [3.8, 4) is 11.8 Å². The number of alkyl halides is 3. The molecule has 3 aromatic carbocycles. The Kier molecular flexibility index (Phi) is 6.10. The lowest BCUT2D eigenvalue weighted by atomic mass is 9.67. The fourth-order valence-corrected chi connectivity index (χ4v) is 6.72. The minimum Gasteiger partial charge on any atom is -0.487 e. The van der Waals surface area contributed by atoms with Crippen molar-refractivity contribution in [2.24, 2.45) is 11.8 Å². The maximum absolute atomic E-state index is 14.4. The Balaban J connectivity index is 1.31. The van der Waals surface area contributed by atoms with E-state index in [0.29, 0.717) is 11.8 Å². The van der Waals surface area contributed by atoms with Crippen molar-refractivity contribution < 1.29 is 49.8 Å². The van der Waals surface area contributed by atoms with Gasteiger partial charge in [-0.2, -0.15) is 27.2 Å². The van der Waals surface area contributed by atoms with Gasteiger partial charge in [0.25, 0.3) is 0 Å². The number of halogens is 7. The summed E-state index contributed by atoms with van der Waals surface area (Å²) in [6.45, 7) is 0.929. The summed E-state index contributed by atoms with van der Waals surface area (Å²) in [6, 6.07) is 12.2. The van der Waals surface area contributed by atoms with Crippen molar-refractivity contribution in [2.75, 3.05) is 11.5 Å². The number of imide groups is 1. The van der Waals surface area contributed by atoms with Gasteiger partial charge in [0.2, 0.25) is 23.4 Å². The summed E-state index contributed by atoms with van der Waals surface area (Å²) in [7, 11) is 0. The molecule has 0 aromatic heterocycles. The molecule has 3 aliphatic rings. The van der Waals surface area contributed by atoms with Crippen molar-refractivity contribution in [3.05, 3.63) is 70.8 Å². The van der Waals surface area contributed by atoms with Crippen LogP contribution in [0.2, 0.25) is 0 Å². The zero-order valence-electron chi connectivity index (χ0n) is 21.6. The van der Waals surface area contributed by atoms with Gasteiger partial charge in [0.1, 0.15) is 11.6 Å². The lowest BCUT2D eigenvalue weighted by Crippen LogP contribution is -2.43. The molecule has 3 fully saturated rings. The standard InChI is InChI=1S/C29H19F7N2O4/c1-27-8-9-28(42-27,10-11-41-24-22(32)20(30)19(29(34,35)36)21(31)23(24)33)18-17(27)25(39)38(26(18)40)16-7-6-13-4-2-3-5-14(13)15(16)12-37/h2-7,17-18H,8-11H2,1H3. The van der Waals surface area contributed by atoms with E-state index in [9.17, 15) is 45.6 Å². The van der Waals surface area contributed by atoms with Crippen LogP contribution in [0.5, 0.6) is 5.75 Å². The van der Waals surface area contributed by atoms with Gasteiger partial charge in [0, 0.05) is 11.8 Å². The van der Waals surface area contributed by atoms with Gasteiger partial charge in [-0.25, -0.2) is 13.7 Å². The van der Waals surface area contributed by atoms with E-state index in [2.05, 4.69) is 6.07 Å². The highest BCUT2D eigenvalue weighted by Gasteiger charge is 2.74. The smallest absolute Gasteiger partial charge is 0.422 e. The van der Waals surface area contributed by atoms with Crippen LogP contribution in [-0.4, -0.2) is 29.6 Å². The summed E-state index contributed by atoms with van der Waals surface area (Å²) in [5, 5.41) is 11.2. The van der Waals surface area contributed by atoms with Gasteiger partial charge in [0.05, 0.1) is 40.9 Å². The van der Waals surface area contributed by atoms with Gasteiger partial charge in [-0.05, 0) is 31.2 Å². The number of rotatable bonds is 5. The quantitative estimate of drug-likeness (QED) is 0.201. The first-order chi connectivity index (χ1) is 19.8. The number of hydrogen-bond acceptors (Lipinski definition) is 5. The molecule has 2 amide bonds. The van der Waals surface area contributed by atoms with Gasteiger partial charge < -0.3 is 9.47 Å². The number of carbonyl (C=O) groups excluding carboxylic acids is 2. The first kappa shape index (κ1) is 28.0. The van der Waals surface area contributed by atoms with E-state index in [4.69, 9.17) is 9.47 Å². The molecule has 6 nitrogen and oxygen atoms in total. The molecule has 6 rings (SSSR count). The first-order valence-electron chi connectivity index (χ1n) is 12.8. The molecule has 3 aromatic rings. The second kappa shape index (κ2) is 9.16. The Morgan fingerprint density at radius 1 is 0.976 bits per heavy atom. The average molecular weight is 592 g/mol. The summed E-state index contributed by atoms with van der Waals surface area (Å²) in [5.41, 5.74) is -5.02. The minimum atomic E-state index is -5.70. The molecule has 13 heteroatoms. The summed E-state index contributed by atoms with van der Waals surface area (Å²) in [6.07, 6.45) is -5.46. The number of ether oxygens (including phenoxy) is 2. The molecule has 0 N–H and O–H groups in total. The highest BCUT2D eigenvalue weighted by atomic mass is 19.4. The number of nitriles is 1. The van der Waals surface area contributed by atoms with Crippen LogP contribution in [0.4, 0.5) is 36.4 Å². The second-order valence-electron chi connectivity index (χ2n) is 10.8. The maximum Gasteiger partial charge on any atom is 0.422 e. The van der Waals surface area contributed by atoms with Gasteiger partial charge in [-0.3, -0.25) is 9.59 Å². The van der Waals surface area contributed by atoms with Crippen LogP contribution in [0.25, 0.3) is 10.8 Å². The molecule has 3 aliphatic heterocycles. The second-order valence-corrected chi connectivity index (χ2v) is 10.8. The third kappa shape index (κ3) is 3.74. The Bertz CT molecular complexity index is 1710. The summed E-state index contributed by atoms with van der Waals surface area (Å²) < 4.78 is 107. The molecule has 0 saturated carbocycles. The largest absolute Gasteiger partial charge is 0.487 e. The normalized spacial score (nSPS) is 26.7. The molecule has 218 valence electrons. The fraction of sp³-hybridized carbons (Fsp3) is 0.345.